The molecule has 3 aliphatic rings. The fraction of sp³-hybridized carbons (Fsp3) is 0.500. The molecule has 0 unspecified atom stereocenters. The van der Waals surface area contributed by atoms with Crippen LogP contribution in [0, 0.1) is 0 Å². The second-order valence-electron chi connectivity index (χ2n) is 8.54. The summed E-state index contributed by atoms with van der Waals surface area (Å²) in [5, 5.41) is 0. The number of hydrogen-bond acceptors (Lipinski definition) is 6. The molecule has 6 heteroatoms. The van der Waals surface area contributed by atoms with E-state index in [0.29, 0.717) is 6.54 Å². The number of benzene rings is 1. The fourth-order valence-electron chi connectivity index (χ4n) is 4.46. The molecule has 0 atom stereocenters. The summed E-state index contributed by atoms with van der Waals surface area (Å²) in [6, 6.07) is 8.69. The van der Waals surface area contributed by atoms with Gasteiger partial charge in [0.05, 0.1) is 18.4 Å². The first-order valence-electron chi connectivity index (χ1n) is 10.4. The molecule has 2 aromatic rings. The predicted octanol–water partition coefficient (Wildman–Crippen LogP) is 2.90. The number of aryl methyl sites for hydroxylation is 1. The highest BCUT2D eigenvalue weighted by atomic mass is 15.2. The monoisotopic (exact) mass is 376 g/mol. The van der Waals surface area contributed by atoms with Gasteiger partial charge in [-0.05, 0) is 50.7 Å². The Morgan fingerprint density at radius 2 is 1.89 bits per heavy atom. The van der Waals surface area contributed by atoms with Gasteiger partial charge in [-0.2, -0.15) is 0 Å². The summed E-state index contributed by atoms with van der Waals surface area (Å²) in [5.74, 6) is 1.94. The molecule has 1 fully saturated rings. The van der Waals surface area contributed by atoms with Gasteiger partial charge in [0.2, 0.25) is 0 Å². The molecular weight excluding hydrogens is 348 g/mol. The van der Waals surface area contributed by atoms with E-state index < -0.39 is 0 Å². The van der Waals surface area contributed by atoms with E-state index in [9.17, 15) is 0 Å². The van der Waals surface area contributed by atoms with Crippen LogP contribution in [0.4, 0.5) is 11.5 Å². The van der Waals surface area contributed by atoms with Gasteiger partial charge in [0.15, 0.2) is 5.84 Å². The van der Waals surface area contributed by atoms with Crippen molar-refractivity contribution in [2.24, 2.45) is 10.7 Å². The summed E-state index contributed by atoms with van der Waals surface area (Å²) in [5.41, 5.74) is 10.8. The first-order valence-corrected chi connectivity index (χ1v) is 10.4. The standard InChI is InChI=1S/C22H28N6/c1-22(23)9-12-27(13-10-22)19-15-24-20-17(26-19)14-25-21(20)28-11-5-4-7-16-6-2-3-8-18(16)28/h2-3,6,8,15H,4-5,7,9-14,23H2,1H3. The third-order valence-electron chi connectivity index (χ3n) is 6.27. The lowest BCUT2D eigenvalue weighted by Gasteiger charge is -2.37. The second kappa shape index (κ2) is 6.85. The Kier molecular flexibility index (Phi) is 4.31. The van der Waals surface area contributed by atoms with Gasteiger partial charge in [-0.1, -0.05) is 18.2 Å². The maximum Gasteiger partial charge on any atom is 0.156 e. The Morgan fingerprint density at radius 1 is 1.07 bits per heavy atom. The maximum atomic E-state index is 6.27. The number of nitrogens with zero attached hydrogens (tertiary/aromatic N) is 5. The van der Waals surface area contributed by atoms with Crippen LogP contribution in [0.1, 0.15) is 49.6 Å². The number of nitrogens with two attached hydrogens (primary N) is 1. The predicted molar refractivity (Wildman–Crippen MR) is 113 cm³/mol. The van der Waals surface area contributed by atoms with Gasteiger partial charge in [-0.15, -0.1) is 0 Å². The highest BCUT2D eigenvalue weighted by Gasteiger charge is 2.30. The van der Waals surface area contributed by atoms with Gasteiger partial charge in [0.25, 0.3) is 0 Å². The molecule has 0 bridgehead atoms. The van der Waals surface area contributed by atoms with Gasteiger partial charge < -0.3 is 15.5 Å². The molecule has 28 heavy (non-hydrogen) atoms. The number of rotatable bonds is 1. The fourth-order valence-corrected chi connectivity index (χ4v) is 4.46. The third kappa shape index (κ3) is 3.15. The van der Waals surface area contributed by atoms with Crippen molar-refractivity contribution in [3.8, 4) is 0 Å². The zero-order valence-electron chi connectivity index (χ0n) is 16.6. The number of aliphatic imine (C=N–C) groups is 1. The second-order valence-corrected chi connectivity index (χ2v) is 8.54. The van der Waals surface area contributed by atoms with Crippen LogP contribution in [0.15, 0.2) is 35.5 Å². The summed E-state index contributed by atoms with van der Waals surface area (Å²) in [4.78, 5) is 19.3. The smallest absolute Gasteiger partial charge is 0.156 e. The molecule has 1 saturated heterocycles. The van der Waals surface area contributed by atoms with E-state index in [0.717, 1.165) is 61.9 Å². The molecule has 0 amide bonds. The summed E-state index contributed by atoms with van der Waals surface area (Å²) in [6.45, 7) is 5.62. The summed E-state index contributed by atoms with van der Waals surface area (Å²) >= 11 is 0. The van der Waals surface area contributed by atoms with E-state index in [1.807, 2.05) is 6.20 Å². The zero-order chi connectivity index (χ0) is 19.1. The number of hydrogen-bond donors (Lipinski definition) is 1. The Morgan fingerprint density at radius 3 is 2.75 bits per heavy atom. The molecule has 2 N–H and O–H groups in total. The van der Waals surface area contributed by atoms with Crippen LogP contribution in [0.3, 0.4) is 0 Å². The number of fused-ring (bicyclic) bond motifs is 2. The van der Waals surface area contributed by atoms with Crippen molar-refractivity contribution in [3.63, 3.8) is 0 Å². The van der Waals surface area contributed by atoms with Crippen molar-refractivity contribution >= 4 is 17.3 Å². The van der Waals surface area contributed by atoms with Gasteiger partial charge in [-0.25, -0.2) is 9.97 Å². The quantitative estimate of drug-likeness (QED) is 0.829. The number of aromatic nitrogens is 2. The lowest BCUT2D eigenvalue weighted by Crippen LogP contribution is -2.48. The first kappa shape index (κ1) is 17.6. The minimum atomic E-state index is -0.0584. The Labute approximate surface area is 166 Å². The van der Waals surface area contributed by atoms with Crippen LogP contribution in [0.5, 0.6) is 0 Å². The molecule has 1 aromatic carbocycles. The molecule has 5 rings (SSSR count). The molecule has 146 valence electrons. The summed E-state index contributed by atoms with van der Waals surface area (Å²) < 4.78 is 0. The molecule has 3 aliphatic heterocycles. The molecule has 1 aromatic heterocycles. The lowest BCUT2D eigenvalue weighted by molar-refractivity contribution is 0.363. The van der Waals surface area contributed by atoms with Crippen LogP contribution in [0.25, 0.3) is 0 Å². The van der Waals surface area contributed by atoms with E-state index in [4.69, 9.17) is 20.7 Å². The van der Waals surface area contributed by atoms with Crippen molar-refractivity contribution in [2.75, 3.05) is 29.4 Å². The number of amidine groups is 1. The largest absolute Gasteiger partial charge is 0.355 e. The van der Waals surface area contributed by atoms with Crippen molar-refractivity contribution in [2.45, 2.75) is 51.1 Å². The van der Waals surface area contributed by atoms with Gasteiger partial charge in [0, 0.05) is 30.9 Å². The van der Waals surface area contributed by atoms with Crippen molar-refractivity contribution in [1.29, 1.82) is 0 Å². The summed E-state index contributed by atoms with van der Waals surface area (Å²) in [6.07, 6.45) is 7.40. The Balaban J connectivity index is 1.41. The van der Waals surface area contributed by atoms with Crippen LogP contribution < -0.4 is 15.5 Å². The van der Waals surface area contributed by atoms with Crippen molar-refractivity contribution in [3.05, 3.63) is 47.4 Å². The average Bonchev–Trinajstić information content (AvgIpc) is 3.00. The molecule has 0 spiro atoms. The van der Waals surface area contributed by atoms with E-state index in [1.54, 1.807) is 0 Å². The van der Waals surface area contributed by atoms with Crippen molar-refractivity contribution < 1.29 is 0 Å². The normalized spacial score (nSPS) is 21.0. The number of anilines is 2. The topological polar surface area (TPSA) is 70.6 Å². The molecule has 0 radical (unpaired) electrons. The molecule has 0 aliphatic carbocycles. The molecule has 0 saturated carbocycles. The van der Waals surface area contributed by atoms with Crippen molar-refractivity contribution in [1.82, 2.24) is 9.97 Å². The zero-order valence-corrected chi connectivity index (χ0v) is 16.6. The Hall–Kier alpha value is -2.47. The van der Waals surface area contributed by atoms with E-state index in [1.165, 1.54) is 24.1 Å². The highest BCUT2D eigenvalue weighted by Crippen LogP contribution is 2.31. The van der Waals surface area contributed by atoms with Crippen LogP contribution in [-0.2, 0) is 13.0 Å². The number of piperidine rings is 1. The minimum Gasteiger partial charge on any atom is -0.355 e. The van der Waals surface area contributed by atoms with Gasteiger partial charge in [0.1, 0.15) is 11.5 Å². The first-order chi connectivity index (χ1) is 13.6. The van der Waals surface area contributed by atoms with Gasteiger partial charge >= 0.3 is 0 Å². The maximum absolute atomic E-state index is 6.27. The van der Waals surface area contributed by atoms with Crippen LogP contribution >= 0.6 is 0 Å². The lowest BCUT2D eigenvalue weighted by atomic mass is 9.91. The van der Waals surface area contributed by atoms with Crippen LogP contribution in [-0.4, -0.2) is 41.0 Å². The average molecular weight is 377 g/mol. The van der Waals surface area contributed by atoms with Crippen LogP contribution in [0.2, 0.25) is 0 Å². The molecular formula is C22H28N6. The van der Waals surface area contributed by atoms with E-state index in [-0.39, 0.29) is 5.54 Å². The van der Waals surface area contributed by atoms with E-state index in [2.05, 4.69) is 41.0 Å². The molecule has 4 heterocycles. The highest BCUT2D eigenvalue weighted by molar-refractivity contribution is 6.11. The van der Waals surface area contributed by atoms with E-state index >= 15 is 0 Å². The number of para-hydroxylation sites is 1. The summed E-state index contributed by atoms with van der Waals surface area (Å²) in [7, 11) is 0. The minimum absolute atomic E-state index is 0.0584. The Bertz CT molecular complexity index is 909. The molecule has 6 nitrogen and oxygen atoms in total. The van der Waals surface area contributed by atoms with Gasteiger partial charge in [-0.3, -0.25) is 4.99 Å². The SMILES string of the molecule is CC1(N)CCN(c2cnc3c(n2)CN=C3N2CCCCc3ccccc32)CC1. The third-order valence-corrected chi connectivity index (χ3v) is 6.27.